The lowest BCUT2D eigenvalue weighted by atomic mass is 10.1. The number of rotatable bonds is 4. The van der Waals surface area contributed by atoms with Gasteiger partial charge in [0, 0.05) is 18.2 Å². The molecule has 0 bridgehead atoms. The number of hydrogen-bond acceptors (Lipinski definition) is 3. The molecule has 2 rings (SSSR count). The van der Waals surface area contributed by atoms with Crippen LogP contribution in [0.5, 0.6) is 0 Å². The first-order chi connectivity index (χ1) is 9.08. The molecule has 5 heteroatoms. The first-order valence-electron chi connectivity index (χ1n) is 5.80. The molecule has 0 amide bonds. The maximum absolute atomic E-state index is 13.5. The molecule has 0 aliphatic carbocycles. The molecule has 0 saturated carbocycles. The summed E-state index contributed by atoms with van der Waals surface area (Å²) in [5, 5.41) is 13.7. The topological polar surface area (TPSA) is 55.2 Å². The average molecular weight is 260 g/mol. The van der Waals surface area contributed by atoms with Crippen molar-refractivity contribution in [3.63, 3.8) is 0 Å². The van der Waals surface area contributed by atoms with Crippen LogP contribution in [0.4, 0.5) is 15.8 Å². The summed E-state index contributed by atoms with van der Waals surface area (Å²) < 4.78 is 13.5. The Balaban J connectivity index is 2.19. The standard InChI is InChI=1S/C14H13FN2O2/c1-10-6-7-12(15)13(8-10)16-9-11-4-2-3-5-14(11)17(18)19/h2-8,16H,9H2,1H3. The highest BCUT2D eigenvalue weighted by atomic mass is 19.1. The Bertz CT molecular complexity index is 614. The lowest BCUT2D eigenvalue weighted by Gasteiger charge is -2.08. The Morgan fingerprint density at radius 2 is 2.00 bits per heavy atom. The maximum Gasteiger partial charge on any atom is 0.274 e. The van der Waals surface area contributed by atoms with E-state index in [9.17, 15) is 14.5 Å². The highest BCUT2D eigenvalue weighted by molar-refractivity contribution is 5.49. The zero-order chi connectivity index (χ0) is 13.8. The van der Waals surface area contributed by atoms with Gasteiger partial charge in [-0.15, -0.1) is 0 Å². The molecule has 0 atom stereocenters. The van der Waals surface area contributed by atoms with Gasteiger partial charge in [-0.05, 0) is 24.6 Å². The van der Waals surface area contributed by atoms with E-state index in [1.165, 1.54) is 12.1 Å². The summed E-state index contributed by atoms with van der Waals surface area (Å²) in [6.45, 7) is 2.06. The van der Waals surface area contributed by atoms with Crippen molar-refractivity contribution in [3.05, 3.63) is 69.5 Å². The highest BCUT2D eigenvalue weighted by Gasteiger charge is 2.12. The van der Waals surface area contributed by atoms with Gasteiger partial charge in [0.25, 0.3) is 5.69 Å². The number of anilines is 1. The van der Waals surface area contributed by atoms with Crippen LogP contribution in [-0.4, -0.2) is 4.92 Å². The van der Waals surface area contributed by atoms with E-state index < -0.39 is 4.92 Å². The molecular formula is C14H13FN2O2. The van der Waals surface area contributed by atoms with Gasteiger partial charge in [0.05, 0.1) is 10.6 Å². The van der Waals surface area contributed by atoms with Crippen molar-refractivity contribution in [2.45, 2.75) is 13.5 Å². The summed E-state index contributed by atoms with van der Waals surface area (Å²) in [6, 6.07) is 11.1. The van der Waals surface area contributed by atoms with Crippen LogP contribution in [0.15, 0.2) is 42.5 Å². The number of nitrogens with one attached hydrogen (secondary N) is 1. The second-order valence-corrected chi connectivity index (χ2v) is 4.22. The molecule has 0 heterocycles. The summed E-state index contributed by atoms with van der Waals surface area (Å²) in [5.41, 5.74) is 1.82. The molecule has 0 aliphatic rings. The fraction of sp³-hybridized carbons (Fsp3) is 0.143. The Morgan fingerprint density at radius 3 is 2.74 bits per heavy atom. The van der Waals surface area contributed by atoms with Crippen LogP contribution < -0.4 is 5.32 Å². The van der Waals surface area contributed by atoms with Crippen molar-refractivity contribution in [1.82, 2.24) is 0 Å². The van der Waals surface area contributed by atoms with Crippen molar-refractivity contribution in [2.24, 2.45) is 0 Å². The number of para-hydroxylation sites is 1. The minimum Gasteiger partial charge on any atom is -0.378 e. The van der Waals surface area contributed by atoms with Crippen molar-refractivity contribution >= 4 is 11.4 Å². The molecular weight excluding hydrogens is 247 g/mol. The van der Waals surface area contributed by atoms with E-state index in [0.717, 1.165) is 5.56 Å². The molecule has 0 saturated heterocycles. The zero-order valence-corrected chi connectivity index (χ0v) is 10.4. The summed E-state index contributed by atoms with van der Waals surface area (Å²) in [6.07, 6.45) is 0. The van der Waals surface area contributed by atoms with Gasteiger partial charge in [-0.1, -0.05) is 24.3 Å². The molecule has 0 fully saturated rings. The lowest BCUT2D eigenvalue weighted by molar-refractivity contribution is -0.385. The Labute approximate surface area is 110 Å². The monoisotopic (exact) mass is 260 g/mol. The van der Waals surface area contributed by atoms with Gasteiger partial charge in [-0.2, -0.15) is 0 Å². The van der Waals surface area contributed by atoms with Gasteiger partial charge in [0.2, 0.25) is 0 Å². The molecule has 19 heavy (non-hydrogen) atoms. The number of halogens is 1. The summed E-state index contributed by atoms with van der Waals surface area (Å²) in [5.74, 6) is -0.371. The van der Waals surface area contributed by atoms with E-state index in [1.807, 2.05) is 6.92 Å². The second-order valence-electron chi connectivity index (χ2n) is 4.22. The average Bonchev–Trinajstić information content (AvgIpc) is 2.40. The van der Waals surface area contributed by atoms with Crippen molar-refractivity contribution in [2.75, 3.05) is 5.32 Å². The van der Waals surface area contributed by atoms with E-state index in [0.29, 0.717) is 11.3 Å². The summed E-state index contributed by atoms with van der Waals surface area (Å²) in [7, 11) is 0. The van der Waals surface area contributed by atoms with Gasteiger partial charge in [0.15, 0.2) is 0 Å². The Hall–Kier alpha value is -2.43. The molecule has 0 unspecified atom stereocenters. The third-order valence-corrected chi connectivity index (χ3v) is 2.78. The smallest absolute Gasteiger partial charge is 0.274 e. The molecule has 0 spiro atoms. The number of nitrogens with zero attached hydrogens (tertiary/aromatic N) is 1. The molecule has 2 aromatic carbocycles. The van der Waals surface area contributed by atoms with Crippen molar-refractivity contribution < 1.29 is 9.31 Å². The first kappa shape index (κ1) is 13.0. The minimum atomic E-state index is -0.441. The second kappa shape index (κ2) is 5.48. The molecule has 98 valence electrons. The van der Waals surface area contributed by atoms with Crippen LogP contribution in [0, 0.1) is 22.9 Å². The van der Waals surface area contributed by atoms with Crippen molar-refractivity contribution in [3.8, 4) is 0 Å². The molecule has 2 aromatic rings. The van der Waals surface area contributed by atoms with Gasteiger partial charge in [-0.3, -0.25) is 10.1 Å². The van der Waals surface area contributed by atoms with Crippen LogP contribution in [0.3, 0.4) is 0 Å². The van der Waals surface area contributed by atoms with Gasteiger partial charge in [0.1, 0.15) is 5.82 Å². The van der Waals surface area contributed by atoms with Gasteiger partial charge >= 0.3 is 0 Å². The van der Waals surface area contributed by atoms with Crippen molar-refractivity contribution in [1.29, 1.82) is 0 Å². The number of nitro groups is 1. The van der Waals surface area contributed by atoms with E-state index in [4.69, 9.17) is 0 Å². The van der Waals surface area contributed by atoms with E-state index in [-0.39, 0.29) is 18.0 Å². The highest BCUT2D eigenvalue weighted by Crippen LogP contribution is 2.21. The van der Waals surface area contributed by atoms with Crippen LogP contribution in [0.2, 0.25) is 0 Å². The molecule has 0 aromatic heterocycles. The SMILES string of the molecule is Cc1ccc(F)c(NCc2ccccc2[N+](=O)[O-])c1. The van der Waals surface area contributed by atoms with E-state index >= 15 is 0 Å². The summed E-state index contributed by atoms with van der Waals surface area (Å²) >= 11 is 0. The van der Waals surface area contributed by atoms with Crippen LogP contribution in [0.1, 0.15) is 11.1 Å². The molecule has 0 radical (unpaired) electrons. The summed E-state index contributed by atoms with van der Waals surface area (Å²) in [4.78, 5) is 10.4. The van der Waals surface area contributed by atoms with Crippen LogP contribution >= 0.6 is 0 Å². The van der Waals surface area contributed by atoms with Crippen LogP contribution in [0.25, 0.3) is 0 Å². The first-order valence-corrected chi connectivity index (χ1v) is 5.80. The zero-order valence-electron chi connectivity index (χ0n) is 10.4. The number of benzene rings is 2. The van der Waals surface area contributed by atoms with Gasteiger partial charge < -0.3 is 5.32 Å². The fourth-order valence-corrected chi connectivity index (χ4v) is 1.80. The van der Waals surface area contributed by atoms with Crippen LogP contribution in [-0.2, 0) is 6.54 Å². The number of aryl methyl sites for hydroxylation is 1. The normalized spacial score (nSPS) is 10.2. The Kier molecular flexibility index (Phi) is 3.75. The molecule has 1 N–H and O–H groups in total. The minimum absolute atomic E-state index is 0.0306. The lowest BCUT2D eigenvalue weighted by Crippen LogP contribution is -2.04. The predicted octanol–water partition coefficient (Wildman–Crippen LogP) is 3.65. The van der Waals surface area contributed by atoms with E-state index in [1.54, 1.807) is 30.3 Å². The predicted molar refractivity (Wildman–Crippen MR) is 71.6 cm³/mol. The molecule has 0 aliphatic heterocycles. The fourth-order valence-electron chi connectivity index (χ4n) is 1.80. The third-order valence-electron chi connectivity index (χ3n) is 2.78. The Morgan fingerprint density at radius 1 is 1.26 bits per heavy atom. The van der Waals surface area contributed by atoms with Gasteiger partial charge in [-0.25, -0.2) is 4.39 Å². The number of nitro benzene ring substituents is 1. The number of hydrogen-bond donors (Lipinski definition) is 1. The largest absolute Gasteiger partial charge is 0.378 e. The van der Waals surface area contributed by atoms with E-state index in [2.05, 4.69) is 5.32 Å². The molecule has 4 nitrogen and oxygen atoms in total. The maximum atomic E-state index is 13.5. The third kappa shape index (κ3) is 3.07. The quantitative estimate of drug-likeness (QED) is 0.674.